The van der Waals surface area contributed by atoms with Gasteiger partial charge < -0.3 is 11.1 Å². The first-order chi connectivity index (χ1) is 6.47. The lowest BCUT2D eigenvalue weighted by Crippen LogP contribution is -2.44. The van der Waals surface area contributed by atoms with E-state index in [-0.39, 0.29) is 18.2 Å². The van der Waals surface area contributed by atoms with E-state index in [1.54, 1.807) is 0 Å². The van der Waals surface area contributed by atoms with E-state index in [0.29, 0.717) is 6.42 Å². The van der Waals surface area contributed by atoms with Gasteiger partial charge in [0.15, 0.2) is 0 Å². The lowest BCUT2D eigenvalue weighted by molar-refractivity contribution is -0.127. The van der Waals surface area contributed by atoms with Gasteiger partial charge >= 0.3 is 0 Å². The molecule has 0 aliphatic rings. The number of hydrogen-bond acceptors (Lipinski definition) is 2. The second-order valence-corrected chi connectivity index (χ2v) is 3.53. The van der Waals surface area contributed by atoms with Gasteiger partial charge in [0.1, 0.15) is 6.04 Å². The maximum atomic E-state index is 11.3. The Morgan fingerprint density at radius 1 is 1.50 bits per heavy atom. The fourth-order valence-electron chi connectivity index (χ4n) is 0.965. The predicted molar refractivity (Wildman–Crippen MR) is 54.0 cm³/mol. The molecule has 0 fully saturated rings. The summed E-state index contributed by atoms with van der Waals surface area (Å²) in [5, 5.41) is 2.49. The van der Waals surface area contributed by atoms with Crippen LogP contribution in [-0.4, -0.2) is 17.9 Å². The quantitative estimate of drug-likeness (QED) is 0.609. The fourth-order valence-corrected chi connectivity index (χ4v) is 0.965. The molecule has 0 bridgehead atoms. The van der Waals surface area contributed by atoms with Gasteiger partial charge in [-0.2, -0.15) is 0 Å². The average Bonchev–Trinajstić information content (AvgIpc) is 2.01. The number of hydrogen-bond donors (Lipinski definition) is 2. The highest BCUT2D eigenvalue weighted by atomic mass is 16.2. The Hall–Kier alpha value is -1.50. The highest BCUT2D eigenvalue weighted by Crippen LogP contribution is 1.99. The summed E-state index contributed by atoms with van der Waals surface area (Å²) in [5.74, 6) is 1.74. The van der Waals surface area contributed by atoms with Crippen LogP contribution in [0, 0.1) is 18.3 Å². The van der Waals surface area contributed by atoms with Gasteiger partial charge in [0, 0.05) is 12.8 Å². The van der Waals surface area contributed by atoms with Crippen LogP contribution >= 0.6 is 0 Å². The Labute approximate surface area is 84.2 Å². The minimum Gasteiger partial charge on any atom is -0.368 e. The molecular formula is C10H16N2O2. The van der Waals surface area contributed by atoms with Crippen molar-refractivity contribution in [2.75, 3.05) is 0 Å². The standard InChI is InChI=1S/C10H16N2O2/c1-4-5-8(10(11)14)12-9(13)6-7(2)3/h1,7-8H,5-6H2,2-3H3,(H2,11,14)(H,12,13)/t8-/m1/s1. The summed E-state index contributed by atoms with van der Waals surface area (Å²) in [7, 11) is 0. The van der Waals surface area contributed by atoms with Crippen LogP contribution in [0.1, 0.15) is 26.7 Å². The molecule has 4 heteroatoms. The number of amides is 2. The van der Waals surface area contributed by atoms with E-state index < -0.39 is 11.9 Å². The number of carbonyl (C=O) groups excluding carboxylic acids is 2. The van der Waals surface area contributed by atoms with Crippen LogP contribution < -0.4 is 11.1 Å². The summed E-state index contributed by atoms with van der Waals surface area (Å²) >= 11 is 0. The number of nitrogens with one attached hydrogen (secondary N) is 1. The molecule has 0 aliphatic heterocycles. The molecule has 0 saturated carbocycles. The summed E-state index contributed by atoms with van der Waals surface area (Å²) in [6.45, 7) is 3.83. The Morgan fingerprint density at radius 3 is 2.43 bits per heavy atom. The van der Waals surface area contributed by atoms with Gasteiger partial charge in [-0.25, -0.2) is 0 Å². The van der Waals surface area contributed by atoms with E-state index in [1.807, 2.05) is 13.8 Å². The van der Waals surface area contributed by atoms with Crippen molar-refractivity contribution in [2.45, 2.75) is 32.7 Å². The van der Waals surface area contributed by atoms with Crippen LogP contribution in [0.25, 0.3) is 0 Å². The molecule has 0 aromatic rings. The Kier molecular flexibility index (Phi) is 5.38. The molecule has 0 aromatic heterocycles. The highest BCUT2D eigenvalue weighted by molar-refractivity contribution is 5.86. The maximum absolute atomic E-state index is 11.3. The van der Waals surface area contributed by atoms with Gasteiger partial charge in [0.25, 0.3) is 0 Å². The van der Waals surface area contributed by atoms with Crippen molar-refractivity contribution < 1.29 is 9.59 Å². The lowest BCUT2D eigenvalue weighted by atomic mass is 10.1. The predicted octanol–water partition coefficient (Wildman–Crippen LogP) is 0.0259. The van der Waals surface area contributed by atoms with Crippen molar-refractivity contribution in [2.24, 2.45) is 11.7 Å². The van der Waals surface area contributed by atoms with E-state index in [4.69, 9.17) is 12.2 Å². The minimum absolute atomic E-state index is 0.138. The van der Waals surface area contributed by atoms with Gasteiger partial charge in [-0.3, -0.25) is 9.59 Å². The van der Waals surface area contributed by atoms with Crippen molar-refractivity contribution in [3.63, 3.8) is 0 Å². The third-order valence-electron chi connectivity index (χ3n) is 1.59. The molecule has 0 spiro atoms. The van der Waals surface area contributed by atoms with Crippen LogP contribution in [0.4, 0.5) is 0 Å². The van der Waals surface area contributed by atoms with Gasteiger partial charge in [-0.05, 0) is 5.92 Å². The molecule has 0 aliphatic carbocycles. The highest BCUT2D eigenvalue weighted by Gasteiger charge is 2.16. The van der Waals surface area contributed by atoms with Crippen molar-refractivity contribution in [1.82, 2.24) is 5.32 Å². The second kappa shape index (κ2) is 6.03. The summed E-state index contributed by atoms with van der Waals surface area (Å²) in [6.07, 6.45) is 5.54. The zero-order valence-corrected chi connectivity index (χ0v) is 8.54. The summed E-state index contributed by atoms with van der Waals surface area (Å²) in [6, 6.07) is -0.744. The van der Waals surface area contributed by atoms with Gasteiger partial charge in [-0.1, -0.05) is 13.8 Å². The first-order valence-corrected chi connectivity index (χ1v) is 4.49. The zero-order valence-electron chi connectivity index (χ0n) is 8.54. The number of carbonyl (C=O) groups is 2. The lowest BCUT2D eigenvalue weighted by Gasteiger charge is -2.13. The van der Waals surface area contributed by atoms with Gasteiger partial charge in [-0.15, -0.1) is 12.3 Å². The fraction of sp³-hybridized carbons (Fsp3) is 0.600. The van der Waals surface area contributed by atoms with E-state index in [1.165, 1.54) is 0 Å². The smallest absolute Gasteiger partial charge is 0.240 e. The summed E-state index contributed by atoms with van der Waals surface area (Å²) in [5.41, 5.74) is 5.05. The monoisotopic (exact) mass is 196 g/mol. The molecule has 2 amide bonds. The van der Waals surface area contributed by atoms with Crippen LogP contribution in [0.2, 0.25) is 0 Å². The normalized spacial score (nSPS) is 11.9. The topological polar surface area (TPSA) is 72.2 Å². The van der Waals surface area contributed by atoms with Crippen molar-refractivity contribution in [3.05, 3.63) is 0 Å². The summed E-state index contributed by atoms with van der Waals surface area (Å²) in [4.78, 5) is 22.1. The molecule has 3 N–H and O–H groups in total. The molecular weight excluding hydrogens is 180 g/mol. The number of primary amides is 1. The van der Waals surface area contributed by atoms with Crippen molar-refractivity contribution in [3.8, 4) is 12.3 Å². The third kappa shape index (κ3) is 5.20. The largest absolute Gasteiger partial charge is 0.368 e. The van der Waals surface area contributed by atoms with Gasteiger partial charge in [0.05, 0.1) is 0 Å². The molecule has 78 valence electrons. The second-order valence-electron chi connectivity index (χ2n) is 3.53. The molecule has 4 nitrogen and oxygen atoms in total. The van der Waals surface area contributed by atoms with Crippen LogP contribution in [0.3, 0.4) is 0 Å². The maximum Gasteiger partial charge on any atom is 0.240 e. The SMILES string of the molecule is C#CC[C@@H](NC(=O)CC(C)C)C(N)=O. The van der Waals surface area contributed by atoms with E-state index >= 15 is 0 Å². The molecule has 0 heterocycles. The van der Waals surface area contributed by atoms with Crippen LogP contribution in [-0.2, 0) is 9.59 Å². The first kappa shape index (κ1) is 12.5. The number of terminal acetylenes is 1. The molecule has 0 rings (SSSR count). The first-order valence-electron chi connectivity index (χ1n) is 4.49. The number of nitrogens with two attached hydrogens (primary N) is 1. The van der Waals surface area contributed by atoms with Crippen LogP contribution in [0.5, 0.6) is 0 Å². The molecule has 0 radical (unpaired) electrons. The summed E-state index contributed by atoms with van der Waals surface area (Å²) < 4.78 is 0. The van der Waals surface area contributed by atoms with Crippen molar-refractivity contribution >= 4 is 11.8 Å². The molecule has 14 heavy (non-hydrogen) atoms. The molecule has 0 aromatic carbocycles. The van der Waals surface area contributed by atoms with Crippen molar-refractivity contribution in [1.29, 1.82) is 0 Å². The van der Waals surface area contributed by atoms with E-state index in [0.717, 1.165) is 0 Å². The third-order valence-corrected chi connectivity index (χ3v) is 1.59. The molecule has 0 saturated heterocycles. The average molecular weight is 196 g/mol. The van der Waals surface area contributed by atoms with E-state index in [9.17, 15) is 9.59 Å². The molecule has 1 atom stereocenters. The van der Waals surface area contributed by atoms with E-state index in [2.05, 4.69) is 11.2 Å². The number of rotatable bonds is 5. The van der Waals surface area contributed by atoms with Crippen LogP contribution in [0.15, 0.2) is 0 Å². The Balaban J connectivity index is 4.11. The Morgan fingerprint density at radius 2 is 2.07 bits per heavy atom. The Bertz CT molecular complexity index is 253. The van der Waals surface area contributed by atoms with Gasteiger partial charge in [0.2, 0.25) is 11.8 Å². The minimum atomic E-state index is -0.744. The zero-order chi connectivity index (χ0) is 11.1. The molecule has 0 unspecified atom stereocenters.